The Kier molecular flexibility index (Phi) is 6.07. The summed E-state index contributed by atoms with van der Waals surface area (Å²) in [4.78, 5) is 0. The molecular formula is C14H27NO. The highest BCUT2D eigenvalue weighted by Crippen LogP contribution is 2.28. The van der Waals surface area contributed by atoms with Crippen LogP contribution in [0, 0.1) is 5.41 Å². The molecule has 2 nitrogen and oxygen atoms in total. The molecular weight excluding hydrogens is 198 g/mol. The number of nitrogens with one attached hydrogen (secondary N) is 1. The summed E-state index contributed by atoms with van der Waals surface area (Å²) < 4.78 is 5.42. The van der Waals surface area contributed by atoms with Crippen LogP contribution in [0.3, 0.4) is 0 Å². The highest BCUT2D eigenvalue weighted by atomic mass is 16.5. The molecule has 0 aromatic carbocycles. The van der Waals surface area contributed by atoms with Gasteiger partial charge in [0.15, 0.2) is 0 Å². The van der Waals surface area contributed by atoms with Gasteiger partial charge in [-0.3, -0.25) is 0 Å². The second kappa shape index (κ2) is 7.08. The van der Waals surface area contributed by atoms with Crippen LogP contribution in [0.15, 0.2) is 12.7 Å². The molecule has 1 unspecified atom stereocenters. The molecule has 2 heteroatoms. The van der Waals surface area contributed by atoms with Gasteiger partial charge in [0.25, 0.3) is 0 Å². The second-order valence-corrected chi connectivity index (χ2v) is 5.28. The van der Waals surface area contributed by atoms with Gasteiger partial charge in [-0.15, -0.1) is 6.58 Å². The van der Waals surface area contributed by atoms with E-state index in [4.69, 9.17) is 4.74 Å². The third kappa shape index (κ3) is 4.67. The van der Waals surface area contributed by atoms with Crippen molar-refractivity contribution in [3.8, 4) is 0 Å². The zero-order valence-corrected chi connectivity index (χ0v) is 10.9. The SMILES string of the molecule is C=CCCC(CC)NCC1(C)CCOCC1. The van der Waals surface area contributed by atoms with E-state index in [1.54, 1.807) is 0 Å². The summed E-state index contributed by atoms with van der Waals surface area (Å²) in [6.45, 7) is 11.4. The Bertz CT molecular complexity index is 197. The van der Waals surface area contributed by atoms with Crippen LogP contribution in [0.1, 0.15) is 46.0 Å². The lowest BCUT2D eigenvalue weighted by molar-refractivity contribution is 0.0227. The van der Waals surface area contributed by atoms with Crippen molar-refractivity contribution in [1.29, 1.82) is 0 Å². The number of hydrogen-bond donors (Lipinski definition) is 1. The molecule has 0 aliphatic carbocycles. The molecule has 0 saturated carbocycles. The van der Waals surface area contributed by atoms with Crippen molar-refractivity contribution < 1.29 is 4.74 Å². The van der Waals surface area contributed by atoms with E-state index in [0.29, 0.717) is 11.5 Å². The zero-order chi connectivity index (χ0) is 11.9. The maximum absolute atomic E-state index is 5.42. The summed E-state index contributed by atoms with van der Waals surface area (Å²) in [5, 5.41) is 3.71. The lowest BCUT2D eigenvalue weighted by Gasteiger charge is -2.35. The highest BCUT2D eigenvalue weighted by molar-refractivity contribution is 4.82. The highest BCUT2D eigenvalue weighted by Gasteiger charge is 2.27. The Morgan fingerprint density at radius 2 is 2.12 bits per heavy atom. The van der Waals surface area contributed by atoms with Crippen molar-refractivity contribution in [3.05, 3.63) is 12.7 Å². The molecule has 1 fully saturated rings. The molecule has 0 bridgehead atoms. The molecule has 1 saturated heterocycles. The first-order valence-electron chi connectivity index (χ1n) is 6.62. The summed E-state index contributed by atoms with van der Waals surface area (Å²) in [5.41, 5.74) is 0.444. The van der Waals surface area contributed by atoms with Gasteiger partial charge < -0.3 is 10.1 Å². The molecule has 0 spiro atoms. The molecule has 1 aliphatic heterocycles. The molecule has 0 radical (unpaired) electrons. The van der Waals surface area contributed by atoms with E-state index >= 15 is 0 Å². The summed E-state index contributed by atoms with van der Waals surface area (Å²) in [7, 11) is 0. The quantitative estimate of drug-likeness (QED) is 0.672. The summed E-state index contributed by atoms with van der Waals surface area (Å²) >= 11 is 0. The first-order chi connectivity index (χ1) is 7.70. The molecule has 1 heterocycles. The zero-order valence-electron chi connectivity index (χ0n) is 10.9. The largest absolute Gasteiger partial charge is 0.381 e. The average Bonchev–Trinajstić information content (AvgIpc) is 2.30. The fourth-order valence-electron chi connectivity index (χ4n) is 2.20. The Labute approximate surface area is 100 Å². The standard InChI is InChI=1S/C14H27NO/c1-4-6-7-13(5-2)15-12-14(3)8-10-16-11-9-14/h4,13,15H,1,5-12H2,2-3H3. The fourth-order valence-corrected chi connectivity index (χ4v) is 2.20. The Balaban J connectivity index is 2.26. The van der Waals surface area contributed by atoms with Gasteiger partial charge in [-0.2, -0.15) is 0 Å². The van der Waals surface area contributed by atoms with E-state index in [-0.39, 0.29) is 0 Å². The maximum atomic E-state index is 5.42. The molecule has 1 N–H and O–H groups in total. The minimum atomic E-state index is 0.444. The van der Waals surface area contributed by atoms with Gasteiger partial charge in [0.05, 0.1) is 0 Å². The third-order valence-corrected chi connectivity index (χ3v) is 3.73. The summed E-state index contributed by atoms with van der Waals surface area (Å²) in [6, 6.07) is 0.651. The van der Waals surface area contributed by atoms with Gasteiger partial charge in [-0.1, -0.05) is 19.9 Å². The van der Waals surface area contributed by atoms with Crippen molar-refractivity contribution in [3.63, 3.8) is 0 Å². The number of rotatable bonds is 7. The number of ether oxygens (including phenoxy) is 1. The van der Waals surface area contributed by atoms with E-state index in [0.717, 1.165) is 26.2 Å². The maximum Gasteiger partial charge on any atom is 0.0471 e. The minimum Gasteiger partial charge on any atom is -0.381 e. The van der Waals surface area contributed by atoms with Crippen LogP contribution in [-0.2, 0) is 4.74 Å². The summed E-state index contributed by atoms with van der Waals surface area (Å²) in [6.07, 6.45) is 7.94. The van der Waals surface area contributed by atoms with E-state index in [2.05, 4.69) is 25.7 Å². The monoisotopic (exact) mass is 225 g/mol. The lowest BCUT2D eigenvalue weighted by Crippen LogP contribution is -2.41. The van der Waals surface area contributed by atoms with Crippen LogP contribution in [-0.4, -0.2) is 25.8 Å². The van der Waals surface area contributed by atoms with E-state index in [1.165, 1.54) is 25.7 Å². The van der Waals surface area contributed by atoms with Crippen LogP contribution in [0.25, 0.3) is 0 Å². The van der Waals surface area contributed by atoms with Crippen LogP contribution >= 0.6 is 0 Å². The Morgan fingerprint density at radius 3 is 2.69 bits per heavy atom. The van der Waals surface area contributed by atoms with Crippen molar-refractivity contribution in [2.24, 2.45) is 5.41 Å². The van der Waals surface area contributed by atoms with Gasteiger partial charge in [0, 0.05) is 25.8 Å². The molecule has 0 aromatic rings. The van der Waals surface area contributed by atoms with Crippen molar-refractivity contribution in [1.82, 2.24) is 5.32 Å². The van der Waals surface area contributed by atoms with E-state index in [1.807, 2.05) is 6.08 Å². The summed E-state index contributed by atoms with van der Waals surface area (Å²) in [5.74, 6) is 0. The van der Waals surface area contributed by atoms with E-state index in [9.17, 15) is 0 Å². The third-order valence-electron chi connectivity index (χ3n) is 3.73. The predicted molar refractivity (Wildman–Crippen MR) is 69.7 cm³/mol. The first-order valence-corrected chi connectivity index (χ1v) is 6.62. The van der Waals surface area contributed by atoms with Crippen LogP contribution < -0.4 is 5.32 Å². The number of allylic oxidation sites excluding steroid dienone is 1. The molecule has 16 heavy (non-hydrogen) atoms. The van der Waals surface area contributed by atoms with Gasteiger partial charge in [-0.05, 0) is 37.5 Å². The molecule has 1 atom stereocenters. The minimum absolute atomic E-state index is 0.444. The fraction of sp³-hybridized carbons (Fsp3) is 0.857. The lowest BCUT2D eigenvalue weighted by atomic mass is 9.82. The molecule has 0 aromatic heterocycles. The molecule has 94 valence electrons. The topological polar surface area (TPSA) is 21.3 Å². The predicted octanol–water partition coefficient (Wildman–Crippen LogP) is 3.14. The van der Waals surface area contributed by atoms with Crippen molar-refractivity contribution in [2.75, 3.05) is 19.8 Å². The van der Waals surface area contributed by atoms with Crippen LogP contribution in [0.5, 0.6) is 0 Å². The Morgan fingerprint density at radius 1 is 1.44 bits per heavy atom. The molecule has 1 rings (SSSR count). The van der Waals surface area contributed by atoms with Gasteiger partial charge in [-0.25, -0.2) is 0 Å². The molecule has 1 aliphatic rings. The van der Waals surface area contributed by atoms with Crippen molar-refractivity contribution in [2.45, 2.75) is 52.0 Å². The first kappa shape index (κ1) is 13.7. The van der Waals surface area contributed by atoms with Gasteiger partial charge >= 0.3 is 0 Å². The molecule has 0 amide bonds. The second-order valence-electron chi connectivity index (χ2n) is 5.28. The number of hydrogen-bond acceptors (Lipinski definition) is 2. The van der Waals surface area contributed by atoms with Crippen molar-refractivity contribution >= 4 is 0 Å². The van der Waals surface area contributed by atoms with Gasteiger partial charge in [0.1, 0.15) is 0 Å². The van der Waals surface area contributed by atoms with Crippen LogP contribution in [0.4, 0.5) is 0 Å². The Hall–Kier alpha value is -0.340. The van der Waals surface area contributed by atoms with E-state index < -0.39 is 0 Å². The normalized spacial score (nSPS) is 21.6. The van der Waals surface area contributed by atoms with Gasteiger partial charge in [0.2, 0.25) is 0 Å². The average molecular weight is 225 g/mol. The van der Waals surface area contributed by atoms with Crippen LogP contribution in [0.2, 0.25) is 0 Å². The smallest absolute Gasteiger partial charge is 0.0471 e.